The lowest BCUT2D eigenvalue weighted by Gasteiger charge is -2.24. The first-order chi connectivity index (χ1) is 16.7. The molecule has 3 aromatic rings. The van der Waals surface area contributed by atoms with Gasteiger partial charge in [-0.25, -0.2) is 9.79 Å². The zero-order valence-electron chi connectivity index (χ0n) is 19.0. The maximum Gasteiger partial charge on any atom is 0.338 e. The van der Waals surface area contributed by atoms with Gasteiger partial charge in [-0.1, -0.05) is 23.5 Å². The van der Waals surface area contributed by atoms with E-state index in [1.165, 1.54) is 28.8 Å². The summed E-state index contributed by atoms with van der Waals surface area (Å²) in [7, 11) is 0. The number of esters is 1. The number of ether oxygens (including phenoxy) is 1. The topological polar surface area (TPSA) is 124 Å². The van der Waals surface area contributed by atoms with Crippen molar-refractivity contribution in [2.45, 2.75) is 24.8 Å². The third-order valence-electron chi connectivity index (χ3n) is 5.46. The fourth-order valence-electron chi connectivity index (χ4n) is 3.81. The molecule has 1 aromatic heterocycles. The summed E-state index contributed by atoms with van der Waals surface area (Å²) >= 11 is 2.65. The second kappa shape index (κ2) is 9.88. The van der Waals surface area contributed by atoms with Gasteiger partial charge in [-0.15, -0.1) is 11.8 Å². The van der Waals surface area contributed by atoms with E-state index in [1.807, 2.05) is 30.5 Å². The molecule has 2 heterocycles. The minimum Gasteiger partial charge on any atom is -0.507 e. The molecule has 0 saturated heterocycles. The van der Waals surface area contributed by atoms with Crippen LogP contribution < -0.4 is 14.9 Å². The SMILES string of the molecule is CCOC(=O)C1=C(C)N=c2s/c(=C/c3cc([N+](=O)[O-])ccc3O)c(=O)n2[C@@H]1c1ccc(SC)cc1. The van der Waals surface area contributed by atoms with Crippen molar-refractivity contribution in [3.63, 3.8) is 0 Å². The predicted molar refractivity (Wildman–Crippen MR) is 133 cm³/mol. The highest BCUT2D eigenvalue weighted by Crippen LogP contribution is 2.32. The van der Waals surface area contributed by atoms with E-state index in [0.717, 1.165) is 16.2 Å². The average molecular weight is 512 g/mol. The molecule has 0 fully saturated rings. The van der Waals surface area contributed by atoms with Crippen LogP contribution in [0.4, 0.5) is 5.69 Å². The number of rotatable bonds is 6. The van der Waals surface area contributed by atoms with Crippen molar-refractivity contribution >= 4 is 40.8 Å². The molecule has 0 bridgehead atoms. The Bertz CT molecular complexity index is 1540. The first kappa shape index (κ1) is 24.4. The Morgan fingerprint density at radius 2 is 2.03 bits per heavy atom. The van der Waals surface area contributed by atoms with Crippen molar-refractivity contribution in [1.82, 2.24) is 4.57 Å². The number of nitro benzene ring substituents is 1. The molecule has 35 heavy (non-hydrogen) atoms. The molecule has 0 spiro atoms. The summed E-state index contributed by atoms with van der Waals surface area (Å²) < 4.78 is 6.92. The van der Waals surface area contributed by atoms with Crippen LogP contribution in [-0.2, 0) is 9.53 Å². The molecule has 0 saturated carbocycles. The Morgan fingerprint density at radius 3 is 2.66 bits per heavy atom. The number of fused-ring (bicyclic) bond motifs is 1. The maximum atomic E-state index is 13.6. The van der Waals surface area contributed by atoms with Crippen molar-refractivity contribution in [2.24, 2.45) is 4.99 Å². The summed E-state index contributed by atoms with van der Waals surface area (Å²) in [5, 5.41) is 21.4. The van der Waals surface area contributed by atoms with Gasteiger partial charge in [0.1, 0.15) is 5.75 Å². The van der Waals surface area contributed by atoms with Crippen LogP contribution in [0, 0.1) is 10.1 Å². The average Bonchev–Trinajstić information content (AvgIpc) is 3.14. The minimum absolute atomic E-state index is 0.131. The standard InChI is InChI=1S/C24H21N3O6S2/c1-4-33-23(30)20-13(2)25-24-26(21(20)14-5-8-17(34-3)9-6-14)22(29)19(35-24)12-15-11-16(27(31)32)7-10-18(15)28/h5-12,21,28H,4H2,1-3H3/b19-12+/t21-/m1/s1. The molecule has 1 aliphatic heterocycles. The minimum atomic E-state index is -0.762. The van der Waals surface area contributed by atoms with Gasteiger partial charge in [-0.2, -0.15) is 0 Å². The number of non-ortho nitro benzene ring substituents is 1. The van der Waals surface area contributed by atoms with Crippen LogP contribution in [0.3, 0.4) is 0 Å². The van der Waals surface area contributed by atoms with Gasteiger partial charge >= 0.3 is 5.97 Å². The number of hydrogen-bond donors (Lipinski definition) is 1. The van der Waals surface area contributed by atoms with Gasteiger partial charge in [0.15, 0.2) is 4.80 Å². The molecule has 2 aromatic carbocycles. The molecule has 4 rings (SSSR count). The maximum absolute atomic E-state index is 13.6. The van der Waals surface area contributed by atoms with Crippen molar-refractivity contribution in [3.8, 4) is 5.75 Å². The van der Waals surface area contributed by atoms with Crippen LogP contribution in [0.2, 0.25) is 0 Å². The Labute approximate surface area is 207 Å². The van der Waals surface area contributed by atoms with Gasteiger partial charge in [0.05, 0.1) is 33.4 Å². The lowest BCUT2D eigenvalue weighted by Crippen LogP contribution is -2.39. The van der Waals surface area contributed by atoms with E-state index in [2.05, 4.69) is 4.99 Å². The number of aromatic nitrogens is 1. The molecule has 0 unspecified atom stereocenters. The van der Waals surface area contributed by atoms with Gasteiger partial charge in [-0.3, -0.25) is 19.5 Å². The third-order valence-corrected chi connectivity index (χ3v) is 7.18. The summed E-state index contributed by atoms with van der Waals surface area (Å²) in [6.45, 7) is 3.57. The molecule has 0 amide bonds. The van der Waals surface area contributed by atoms with E-state index in [0.29, 0.717) is 16.1 Å². The van der Waals surface area contributed by atoms with E-state index in [1.54, 1.807) is 25.6 Å². The van der Waals surface area contributed by atoms with Crippen LogP contribution >= 0.6 is 23.1 Å². The van der Waals surface area contributed by atoms with Crippen molar-refractivity contribution in [3.05, 3.63) is 94.7 Å². The zero-order valence-corrected chi connectivity index (χ0v) is 20.7. The number of carbonyl (C=O) groups is 1. The Hall–Kier alpha value is -3.70. The molecular weight excluding hydrogens is 490 g/mol. The molecule has 11 heteroatoms. The first-order valence-corrected chi connectivity index (χ1v) is 12.6. The number of carbonyl (C=O) groups excluding carboxylic acids is 1. The fourth-order valence-corrected chi connectivity index (χ4v) is 5.25. The normalized spacial score (nSPS) is 15.5. The predicted octanol–water partition coefficient (Wildman–Crippen LogP) is 3.13. The number of thioether (sulfide) groups is 1. The highest BCUT2D eigenvalue weighted by atomic mass is 32.2. The quantitative estimate of drug-likeness (QED) is 0.233. The number of hydrogen-bond acceptors (Lipinski definition) is 9. The lowest BCUT2D eigenvalue weighted by atomic mass is 9.96. The van der Waals surface area contributed by atoms with E-state index in [9.17, 15) is 24.8 Å². The Kier molecular flexibility index (Phi) is 6.90. The van der Waals surface area contributed by atoms with E-state index in [4.69, 9.17) is 4.74 Å². The number of nitro groups is 1. The number of thiazole rings is 1. The summed E-state index contributed by atoms with van der Waals surface area (Å²) in [4.78, 5) is 43.0. The largest absolute Gasteiger partial charge is 0.507 e. The third kappa shape index (κ3) is 4.64. The van der Waals surface area contributed by atoms with E-state index >= 15 is 0 Å². The van der Waals surface area contributed by atoms with Crippen molar-refractivity contribution in [1.29, 1.82) is 0 Å². The van der Waals surface area contributed by atoms with Gasteiger partial charge < -0.3 is 9.84 Å². The second-order valence-electron chi connectivity index (χ2n) is 7.58. The lowest BCUT2D eigenvalue weighted by molar-refractivity contribution is -0.384. The van der Waals surface area contributed by atoms with E-state index in [-0.39, 0.29) is 33.7 Å². The number of phenols is 1. The monoisotopic (exact) mass is 511 g/mol. The van der Waals surface area contributed by atoms with Crippen LogP contribution in [0.15, 0.2) is 68.4 Å². The molecule has 1 N–H and O–H groups in total. The second-order valence-corrected chi connectivity index (χ2v) is 9.46. The summed E-state index contributed by atoms with van der Waals surface area (Å²) in [6.07, 6.45) is 3.35. The number of allylic oxidation sites excluding steroid dienone is 1. The highest BCUT2D eigenvalue weighted by molar-refractivity contribution is 7.98. The number of aromatic hydroxyl groups is 1. The Balaban J connectivity index is 1.95. The summed E-state index contributed by atoms with van der Waals surface area (Å²) in [5.41, 5.74) is 0.897. The van der Waals surface area contributed by atoms with Crippen LogP contribution in [0.1, 0.15) is 31.0 Å². The van der Waals surface area contributed by atoms with Gasteiger partial charge in [0.2, 0.25) is 0 Å². The molecule has 0 radical (unpaired) electrons. The van der Waals surface area contributed by atoms with Gasteiger partial charge in [-0.05, 0) is 49.9 Å². The van der Waals surface area contributed by atoms with Crippen molar-refractivity contribution in [2.75, 3.05) is 12.9 Å². The molecule has 9 nitrogen and oxygen atoms in total. The van der Waals surface area contributed by atoms with Gasteiger partial charge in [0, 0.05) is 22.6 Å². The molecule has 1 aliphatic rings. The molecule has 0 aliphatic carbocycles. The van der Waals surface area contributed by atoms with Crippen LogP contribution in [0.25, 0.3) is 6.08 Å². The van der Waals surface area contributed by atoms with E-state index < -0.39 is 22.5 Å². The van der Waals surface area contributed by atoms with Crippen molar-refractivity contribution < 1.29 is 19.6 Å². The summed E-state index contributed by atoms with van der Waals surface area (Å²) in [5.74, 6) is -0.757. The molecule has 1 atom stereocenters. The fraction of sp³-hybridized carbons (Fsp3) is 0.208. The number of phenolic OH excluding ortho intramolecular Hbond substituents is 1. The highest BCUT2D eigenvalue weighted by Gasteiger charge is 2.33. The van der Waals surface area contributed by atoms with Gasteiger partial charge in [0.25, 0.3) is 11.2 Å². The smallest absolute Gasteiger partial charge is 0.338 e. The Morgan fingerprint density at radius 1 is 1.31 bits per heavy atom. The molecule has 180 valence electrons. The number of nitrogens with zero attached hydrogens (tertiary/aromatic N) is 3. The first-order valence-electron chi connectivity index (χ1n) is 10.6. The summed E-state index contributed by atoms with van der Waals surface area (Å²) in [6, 6.07) is 10.4. The van der Waals surface area contributed by atoms with Crippen LogP contribution in [-0.4, -0.2) is 33.4 Å². The zero-order chi connectivity index (χ0) is 25.3. The number of benzene rings is 2. The molecular formula is C24H21N3O6S2. The van der Waals surface area contributed by atoms with Crippen LogP contribution in [0.5, 0.6) is 5.75 Å².